The van der Waals surface area contributed by atoms with Crippen molar-refractivity contribution in [1.82, 2.24) is 29.4 Å². The highest BCUT2D eigenvalue weighted by Gasteiger charge is 2.27. The van der Waals surface area contributed by atoms with Crippen LogP contribution in [0.3, 0.4) is 0 Å². The Kier molecular flexibility index (Phi) is 38.1. The molecule has 8 aromatic rings. The highest BCUT2D eigenvalue weighted by molar-refractivity contribution is 5.77. The predicted molar refractivity (Wildman–Crippen MR) is 416 cm³/mol. The van der Waals surface area contributed by atoms with E-state index in [4.69, 9.17) is 37.9 Å². The van der Waals surface area contributed by atoms with Gasteiger partial charge >= 0.3 is 47.8 Å². The molecule has 0 N–H and O–H groups in total. The first-order valence-electron chi connectivity index (χ1n) is 37.6. The van der Waals surface area contributed by atoms with E-state index in [-0.39, 0.29) is 143 Å². The standard InChI is InChI=1S/C88H104N6O16/c1-71(93(51-47-89(55-81(95)103-63-73-31-11-3-12-32-73)56-82(96)104-64-74-33-13-4-14-34-74)52-48-90(57-83(97)105-65-75-35-15-5-16-36-75)58-84(98)106-66-76-37-17-6-18-38-76)29-27-28-30-72(2)94(53-49-91(59-85(99)107-67-77-39-19-7-20-40-77)60-86(100)108-68-78-41-21-8-22-42-78)54-50-92(61-87(101)109-69-79-43-23-9-24-44-79)62-88(102)110-70-80-45-25-10-26-46-80/h3-26,31-46,71-72H,27-30,47-70H2,1-2H3. The lowest BCUT2D eigenvalue weighted by Gasteiger charge is -2.34. The van der Waals surface area contributed by atoms with Crippen LogP contribution in [0.5, 0.6) is 0 Å². The van der Waals surface area contributed by atoms with Crippen molar-refractivity contribution in [2.45, 2.75) is 104 Å². The van der Waals surface area contributed by atoms with Gasteiger partial charge in [0.2, 0.25) is 0 Å². The SMILES string of the molecule is CC(CCCCC(C)N(CCN(CC(=O)OCc1ccccc1)CC(=O)OCc1ccccc1)CCN(CC(=O)OCc1ccccc1)CC(=O)OCc1ccccc1)N(CCN(CC(=O)OCc1ccccc1)CC(=O)OCc1ccccc1)CCN(CC(=O)OCc1ccccc1)CC(=O)OCc1ccccc1. The second-order valence-electron chi connectivity index (χ2n) is 27.1. The summed E-state index contributed by atoms with van der Waals surface area (Å²) in [5.41, 5.74) is 6.43. The highest BCUT2D eigenvalue weighted by Crippen LogP contribution is 2.18. The van der Waals surface area contributed by atoms with E-state index in [1.54, 1.807) is 19.6 Å². The van der Waals surface area contributed by atoms with Gasteiger partial charge in [0.05, 0.1) is 52.4 Å². The molecule has 110 heavy (non-hydrogen) atoms. The maximum Gasteiger partial charge on any atom is 0.320 e. The molecule has 0 spiro atoms. The molecular weight excluding hydrogens is 1400 g/mol. The van der Waals surface area contributed by atoms with Crippen LogP contribution >= 0.6 is 0 Å². The van der Waals surface area contributed by atoms with Gasteiger partial charge in [0.15, 0.2) is 0 Å². The number of ether oxygens (including phenoxy) is 8. The second-order valence-corrected chi connectivity index (χ2v) is 27.1. The Morgan fingerprint density at radius 2 is 0.355 bits per heavy atom. The first-order valence-corrected chi connectivity index (χ1v) is 37.6. The summed E-state index contributed by atoms with van der Waals surface area (Å²) in [5.74, 6) is -4.28. The third kappa shape index (κ3) is 35.1. The zero-order chi connectivity index (χ0) is 77.6. The van der Waals surface area contributed by atoms with Crippen molar-refractivity contribution in [3.63, 3.8) is 0 Å². The number of nitrogens with zero attached hydrogens (tertiary/aromatic N) is 6. The Labute approximate surface area is 646 Å². The smallest absolute Gasteiger partial charge is 0.320 e. The fraction of sp³-hybridized carbons (Fsp3) is 0.364. The van der Waals surface area contributed by atoms with E-state index in [1.165, 1.54) is 0 Å². The van der Waals surface area contributed by atoms with Gasteiger partial charge in [0.1, 0.15) is 52.9 Å². The first-order chi connectivity index (χ1) is 53.6. The van der Waals surface area contributed by atoms with Gasteiger partial charge in [0.25, 0.3) is 0 Å². The lowest BCUT2D eigenvalue weighted by molar-refractivity contribution is -0.152. The average Bonchev–Trinajstić information content (AvgIpc) is 0.700. The molecule has 582 valence electrons. The lowest BCUT2D eigenvalue weighted by Crippen LogP contribution is -2.47. The molecule has 22 heteroatoms. The van der Waals surface area contributed by atoms with Crippen molar-refractivity contribution in [3.8, 4) is 0 Å². The summed E-state index contributed by atoms with van der Waals surface area (Å²) in [7, 11) is 0. The van der Waals surface area contributed by atoms with Crippen LogP contribution in [0.4, 0.5) is 0 Å². The molecule has 22 nitrogen and oxygen atoms in total. The molecule has 0 bridgehead atoms. The average molecular weight is 1500 g/mol. The number of carbonyl (C=O) groups excluding carboxylic acids is 8. The van der Waals surface area contributed by atoms with E-state index in [2.05, 4.69) is 23.6 Å². The Balaban J connectivity index is 1.02. The van der Waals surface area contributed by atoms with E-state index in [0.29, 0.717) is 39.0 Å². The third-order valence-corrected chi connectivity index (χ3v) is 18.3. The summed E-state index contributed by atoms with van der Waals surface area (Å²) in [6, 6.07) is 74.2. The molecule has 2 atom stereocenters. The van der Waals surface area contributed by atoms with Gasteiger partial charge in [0, 0.05) is 64.4 Å². The highest BCUT2D eigenvalue weighted by atomic mass is 16.6. The second kappa shape index (κ2) is 49.4. The van der Waals surface area contributed by atoms with Crippen LogP contribution in [0.1, 0.15) is 84.0 Å². The Hall–Kier alpha value is -10.7. The predicted octanol–water partition coefficient (Wildman–Crippen LogP) is 11.1. The molecular formula is C88H104N6O16. The van der Waals surface area contributed by atoms with Crippen LogP contribution in [-0.4, -0.2) is 194 Å². The molecule has 0 fully saturated rings. The van der Waals surface area contributed by atoms with Crippen molar-refractivity contribution in [2.24, 2.45) is 0 Å². The minimum atomic E-state index is -0.535. The molecule has 0 aliphatic heterocycles. The van der Waals surface area contributed by atoms with Gasteiger partial charge in [-0.3, -0.25) is 67.8 Å². The molecule has 0 saturated carbocycles. The normalized spacial score (nSPS) is 11.8. The fourth-order valence-corrected chi connectivity index (χ4v) is 12.0. The zero-order valence-corrected chi connectivity index (χ0v) is 63.3. The van der Waals surface area contributed by atoms with Gasteiger partial charge in [-0.25, -0.2) is 0 Å². The van der Waals surface area contributed by atoms with Gasteiger partial charge < -0.3 is 37.9 Å². The Morgan fingerprint density at radius 1 is 0.218 bits per heavy atom. The molecule has 2 unspecified atom stereocenters. The topological polar surface area (TPSA) is 230 Å². The molecule has 0 aliphatic rings. The van der Waals surface area contributed by atoms with Gasteiger partial charge in [-0.2, -0.15) is 0 Å². The van der Waals surface area contributed by atoms with Crippen LogP contribution in [0, 0.1) is 0 Å². The van der Waals surface area contributed by atoms with Crippen molar-refractivity contribution in [1.29, 1.82) is 0 Å². The number of esters is 8. The van der Waals surface area contributed by atoms with E-state index in [9.17, 15) is 38.4 Å². The van der Waals surface area contributed by atoms with Crippen molar-refractivity contribution in [3.05, 3.63) is 287 Å². The summed E-state index contributed by atoms with van der Waals surface area (Å²) < 4.78 is 46.1. The minimum Gasteiger partial charge on any atom is -0.460 e. The number of carbonyl (C=O) groups is 8. The zero-order valence-electron chi connectivity index (χ0n) is 63.3. The number of hydrogen-bond acceptors (Lipinski definition) is 22. The van der Waals surface area contributed by atoms with Gasteiger partial charge in [-0.05, 0) is 71.2 Å². The van der Waals surface area contributed by atoms with E-state index < -0.39 is 47.8 Å². The van der Waals surface area contributed by atoms with Crippen molar-refractivity contribution in [2.75, 3.05) is 105 Å². The number of rotatable bonds is 51. The molecule has 0 saturated heterocycles. The molecule has 8 rings (SSSR count). The van der Waals surface area contributed by atoms with Crippen molar-refractivity contribution < 1.29 is 76.3 Å². The molecule has 0 amide bonds. The monoisotopic (exact) mass is 1500 g/mol. The largest absolute Gasteiger partial charge is 0.460 e. The Morgan fingerprint density at radius 3 is 0.491 bits per heavy atom. The molecule has 0 aliphatic carbocycles. The molecule has 0 aromatic heterocycles. The Bertz CT molecular complexity index is 3240. The minimum absolute atomic E-state index is 0.0375. The summed E-state index contributed by atoms with van der Waals surface area (Å²) >= 11 is 0. The molecule has 0 heterocycles. The van der Waals surface area contributed by atoms with E-state index in [1.807, 2.05) is 243 Å². The fourth-order valence-electron chi connectivity index (χ4n) is 12.0. The summed E-state index contributed by atoms with van der Waals surface area (Å²) in [4.78, 5) is 121. The molecule has 0 radical (unpaired) electrons. The van der Waals surface area contributed by atoms with E-state index >= 15 is 0 Å². The number of benzene rings is 8. The maximum absolute atomic E-state index is 13.7. The quantitative estimate of drug-likeness (QED) is 0.0196. The third-order valence-electron chi connectivity index (χ3n) is 18.3. The number of unbranched alkanes of at least 4 members (excludes halogenated alkanes) is 1. The van der Waals surface area contributed by atoms with Gasteiger partial charge in [-0.1, -0.05) is 255 Å². The lowest BCUT2D eigenvalue weighted by atomic mass is 10.0. The van der Waals surface area contributed by atoms with Crippen LogP contribution in [0.25, 0.3) is 0 Å². The van der Waals surface area contributed by atoms with Crippen LogP contribution < -0.4 is 0 Å². The summed E-state index contributed by atoms with van der Waals surface area (Å²) in [5, 5.41) is 0. The number of hydrogen-bond donors (Lipinski definition) is 0. The van der Waals surface area contributed by atoms with Crippen LogP contribution in [0.15, 0.2) is 243 Å². The summed E-state index contributed by atoms with van der Waals surface area (Å²) in [6.07, 6.45) is 2.77. The maximum atomic E-state index is 13.7. The van der Waals surface area contributed by atoms with Crippen LogP contribution in [0.2, 0.25) is 0 Å². The van der Waals surface area contributed by atoms with Crippen LogP contribution in [-0.2, 0) is 129 Å². The summed E-state index contributed by atoms with van der Waals surface area (Å²) in [6.45, 7) is 4.92. The van der Waals surface area contributed by atoms with Crippen molar-refractivity contribution >= 4 is 47.8 Å². The van der Waals surface area contributed by atoms with Gasteiger partial charge in [-0.15, -0.1) is 0 Å². The van der Waals surface area contributed by atoms with E-state index in [0.717, 1.165) is 57.3 Å². The molecule has 8 aromatic carbocycles. The first kappa shape index (κ1) is 84.9.